The lowest BCUT2D eigenvalue weighted by Crippen LogP contribution is -2.43. The van der Waals surface area contributed by atoms with Crippen molar-refractivity contribution in [1.82, 2.24) is 24.2 Å². The fourth-order valence-electron chi connectivity index (χ4n) is 4.13. The molecule has 0 radical (unpaired) electrons. The van der Waals surface area contributed by atoms with E-state index in [1.165, 1.54) is 15.5 Å². The predicted octanol–water partition coefficient (Wildman–Crippen LogP) is 3.23. The molecule has 0 saturated carbocycles. The summed E-state index contributed by atoms with van der Waals surface area (Å²) in [7, 11) is -1.35. The Morgan fingerprint density at radius 2 is 1.86 bits per heavy atom. The second-order valence-corrected chi connectivity index (χ2v) is 11.2. The molecule has 186 valence electrons. The number of nitrogens with one attached hydrogen (secondary N) is 1. The monoisotopic (exact) mass is 528 g/mol. The van der Waals surface area contributed by atoms with E-state index in [-0.39, 0.29) is 35.5 Å². The summed E-state index contributed by atoms with van der Waals surface area (Å²) in [4.78, 5) is 30.7. The van der Waals surface area contributed by atoms with Gasteiger partial charge in [-0.1, -0.05) is 11.6 Å². The third-order valence-electron chi connectivity index (χ3n) is 5.99. The molecule has 4 heterocycles. The largest absolute Gasteiger partial charge is 0.464 e. The van der Waals surface area contributed by atoms with Crippen LogP contribution in [0.4, 0.5) is 16.3 Å². The summed E-state index contributed by atoms with van der Waals surface area (Å²) in [5.74, 6) is -0.0371. The number of aryl methyl sites for hydroxylation is 1. The minimum absolute atomic E-state index is 0.0547. The van der Waals surface area contributed by atoms with Gasteiger partial charge in [0.05, 0.1) is 39.6 Å². The third-order valence-corrected chi connectivity index (χ3v) is 7.91. The summed E-state index contributed by atoms with van der Waals surface area (Å²) in [6.45, 7) is 0.292. The first-order chi connectivity index (χ1) is 17.1. The molecule has 1 saturated heterocycles. The molecule has 2 N–H and O–H groups in total. The minimum atomic E-state index is -3.10. The van der Waals surface area contributed by atoms with Gasteiger partial charge < -0.3 is 15.3 Å². The van der Waals surface area contributed by atoms with Crippen LogP contribution in [0, 0.1) is 0 Å². The van der Waals surface area contributed by atoms with Crippen LogP contribution in [0.5, 0.6) is 0 Å². The van der Waals surface area contributed by atoms with Gasteiger partial charge in [-0.3, -0.25) is 9.48 Å². The van der Waals surface area contributed by atoms with E-state index in [9.17, 15) is 23.1 Å². The molecule has 0 aliphatic carbocycles. The van der Waals surface area contributed by atoms with Gasteiger partial charge >= 0.3 is 6.09 Å². The maximum absolute atomic E-state index is 12.8. The number of carboxylic acid groups (broad SMARTS) is 1. The smallest absolute Gasteiger partial charge is 0.416 e. The number of hydrogen-bond donors (Lipinski definition) is 2. The zero-order valence-corrected chi connectivity index (χ0v) is 20.6. The van der Waals surface area contributed by atoms with Crippen LogP contribution in [0.15, 0.2) is 48.9 Å². The number of sulfone groups is 1. The number of carbonyl (C=O) groups is 2. The van der Waals surface area contributed by atoms with E-state index in [0.29, 0.717) is 39.2 Å². The Morgan fingerprint density at radius 1 is 1.11 bits per heavy atom. The highest BCUT2D eigenvalue weighted by molar-refractivity contribution is 7.91. The van der Waals surface area contributed by atoms with Gasteiger partial charge in [-0.05, 0) is 24.3 Å². The van der Waals surface area contributed by atoms with Crippen LogP contribution in [-0.2, 0) is 16.9 Å². The summed E-state index contributed by atoms with van der Waals surface area (Å²) >= 11 is 6.43. The molecule has 36 heavy (non-hydrogen) atoms. The maximum Gasteiger partial charge on any atom is 0.416 e. The maximum atomic E-state index is 12.8. The fourth-order valence-corrected chi connectivity index (χ4v) is 5.56. The lowest BCUT2D eigenvalue weighted by molar-refractivity contribution is 0.0770. The van der Waals surface area contributed by atoms with Gasteiger partial charge in [-0.15, -0.1) is 0 Å². The molecule has 1 amide bonds. The SMILES string of the molecule is Cn1cc(-c2cc3cnc(Nc4ccc(C(=O)N5CCS(=O)(=O)CC5)cc4Cl)cc3n2C(=O)O)cn1. The first-order valence-corrected chi connectivity index (χ1v) is 13.1. The van der Waals surface area contributed by atoms with Gasteiger partial charge in [0.25, 0.3) is 5.91 Å². The number of nitrogens with zero attached hydrogens (tertiary/aromatic N) is 5. The van der Waals surface area contributed by atoms with Crippen molar-refractivity contribution in [3.63, 3.8) is 0 Å². The molecule has 5 rings (SSSR count). The van der Waals surface area contributed by atoms with Crippen molar-refractivity contribution in [2.24, 2.45) is 7.05 Å². The van der Waals surface area contributed by atoms with E-state index >= 15 is 0 Å². The lowest BCUT2D eigenvalue weighted by Gasteiger charge is -2.27. The molecule has 0 atom stereocenters. The number of rotatable bonds is 4. The first kappa shape index (κ1) is 23.8. The number of benzene rings is 1. The summed E-state index contributed by atoms with van der Waals surface area (Å²) < 4.78 is 26.0. The summed E-state index contributed by atoms with van der Waals surface area (Å²) in [5, 5.41) is 18.0. The predicted molar refractivity (Wildman–Crippen MR) is 135 cm³/mol. The molecule has 3 aromatic heterocycles. The molecular weight excluding hydrogens is 508 g/mol. The van der Waals surface area contributed by atoms with Crippen LogP contribution < -0.4 is 5.32 Å². The number of fused-ring (bicyclic) bond motifs is 1. The average molecular weight is 529 g/mol. The second-order valence-electron chi connectivity index (χ2n) is 8.44. The molecule has 13 heteroatoms. The van der Waals surface area contributed by atoms with E-state index in [4.69, 9.17) is 11.6 Å². The Labute approximate surface area is 210 Å². The van der Waals surface area contributed by atoms with Gasteiger partial charge in [-0.2, -0.15) is 5.10 Å². The van der Waals surface area contributed by atoms with Crippen molar-refractivity contribution in [2.75, 3.05) is 29.9 Å². The van der Waals surface area contributed by atoms with E-state index in [1.54, 1.807) is 54.6 Å². The first-order valence-electron chi connectivity index (χ1n) is 10.9. The molecule has 0 spiro atoms. The van der Waals surface area contributed by atoms with Crippen LogP contribution in [-0.4, -0.2) is 74.4 Å². The van der Waals surface area contributed by atoms with Crippen LogP contribution >= 0.6 is 11.6 Å². The second kappa shape index (κ2) is 8.95. The van der Waals surface area contributed by atoms with Crippen molar-refractivity contribution in [2.45, 2.75) is 0 Å². The van der Waals surface area contributed by atoms with E-state index in [0.717, 1.165) is 0 Å². The molecule has 0 bridgehead atoms. The number of carbonyl (C=O) groups excluding carboxylic acids is 1. The topological polar surface area (TPSA) is 139 Å². The van der Waals surface area contributed by atoms with Crippen LogP contribution in [0.1, 0.15) is 10.4 Å². The summed E-state index contributed by atoms with van der Waals surface area (Å²) in [6.07, 6.45) is 3.73. The Balaban J connectivity index is 1.41. The molecule has 1 aromatic carbocycles. The number of aromatic nitrogens is 4. The van der Waals surface area contributed by atoms with Crippen molar-refractivity contribution in [3.05, 3.63) is 59.5 Å². The van der Waals surface area contributed by atoms with E-state index in [1.807, 2.05) is 0 Å². The van der Waals surface area contributed by atoms with Gasteiger partial charge in [0.2, 0.25) is 0 Å². The third kappa shape index (κ3) is 4.52. The standard InChI is InChI=1S/C23H21ClN6O5S/c1-28-13-16(12-26-28)19-9-15-11-25-21(10-20(15)30(19)23(32)33)27-18-3-2-14(8-17(18)24)22(31)29-4-6-36(34,35)7-5-29/h2-3,8-13H,4-7H2,1H3,(H,25,27)(H,32,33). The summed E-state index contributed by atoms with van der Waals surface area (Å²) in [5.41, 5.74) is 2.37. The van der Waals surface area contributed by atoms with Gasteiger partial charge in [0.15, 0.2) is 9.84 Å². The van der Waals surface area contributed by atoms with Gasteiger partial charge in [0, 0.05) is 55.1 Å². The zero-order valence-electron chi connectivity index (χ0n) is 19.0. The number of hydrogen-bond acceptors (Lipinski definition) is 7. The van der Waals surface area contributed by atoms with E-state index < -0.39 is 15.9 Å². The zero-order chi connectivity index (χ0) is 25.6. The van der Waals surface area contributed by atoms with Crippen molar-refractivity contribution < 1.29 is 23.1 Å². The Hall–Kier alpha value is -3.90. The van der Waals surface area contributed by atoms with Crippen LogP contribution in [0.25, 0.3) is 22.2 Å². The highest BCUT2D eigenvalue weighted by Gasteiger charge is 2.26. The molecule has 0 unspecified atom stereocenters. The fraction of sp³-hybridized carbons (Fsp3) is 0.217. The Morgan fingerprint density at radius 3 is 2.50 bits per heavy atom. The average Bonchev–Trinajstić information content (AvgIpc) is 3.43. The molecule has 1 aliphatic heterocycles. The number of halogens is 1. The summed E-state index contributed by atoms with van der Waals surface area (Å²) in [6, 6.07) is 8.07. The number of amides is 1. The van der Waals surface area contributed by atoms with Crippen LogP contribution in [0.3, 0.4) is 0 Å². The normalized spacial score (nSPS) is 15.2. The Bertz CT molecular complexity index is 1610. The van der Waals surface area contributed by atoms with Gasteiger partial charge in [0.1, 0.15) is 5.82 Å². The van der Waals surface area contributed by atoms with Crippen LogP contribution in [0.2, 0.25) is 5.02 Å². The van der Waals surface area contributed by atoms with Crippen molar-refractivity contribution >= 4 is 55.8 Å². The molecule has 11 nitrogen and oxygen atoms in total. The van der Waals surface area contributed by atoms with Crippen molar-refractivity contribution in [1.29, 1.82) is 0 Å². The highest BCUT2D eigenvalue weighted by atomic mass is 35.5. The lowest BCUT2D eigenvalue weighted by atomic mass is 10.1. The molecular formula is C23H21ClN6O5S. The van der Waals surface area contributed by atoms with Crippen molar-refractivity contribution in [3.8, 4) is 11.3 Å². The van der Waals surface area contributed by atoms with Gasteiger partial charge in [-0.25, -0.2) is 22.8 Å². The number of anilines is 2. The molecule has 4 aromatic rings. The van der Waals surface area contributed by atoms with E-state index in [2.05, 4.69) is 15.4 Å². The Kier molecular flexibility index (Phi) is 5.92. The quantitative estimate of drug-likeness (QED) is 0.411. The molecule has 1 aliphatic rings. The molecule has 1 fully saturated rings. The highest BCUT2D eigenvalue weighted by Crippen LogP contribution is 2.31. The minimum Gasteiger partial charge on any atom is -0.464 e. The number of pyridine rings is 1.